The van der Waals surface area contributed by atoms with E-state index in [1.165, 1.54) is 25.7 Å². The molecule has 0 bridgehead atoms. The second-order valence-electron chi connectivity index (χ2n) is 4.14. The monoisotopic (exact) mass is 185 g/mol. The topological polar surface area (TPSA) is 21.3 Å². The van der Waals surface area contributed by atoms with Gasteiger partial charge < -0.3 is 10.1 Å². The normalized spacial score (nSPS) is 31.6. The van der Waals surface area contributed by atoms with Gasteiger partial charge in [0.25, 0.3) is 0 Å². The second kappa shape index (κ2) is 5.61. The molecule has 1 heterocycles. The van der Waals surface area contributed by atoms with Crippen LogP contribution in [0.3, 0.4) is 0 Å². The van der Waals surface area contributed by atoms with Gasteiger partial charge in [-0.2, -0.15) is 0 Å². The number of ether oxygens (including phenoxy) is 1. The summed E-state index contributed by atoms with van der Waals surface area (Å²) in [4.78, 5) is 0. The highest BCUT2D eigenvalue weighted by Crippen LogP contribution is 2.25. The van der Waals surface area contributed by atoms with E-state index < -0.39 is 0 Å². The molecule has 0 aliphatic carbocycles. The van der Waals surface area contributed by atoms with E-state index in [1.54, 1.807) is 0 Å². The molecule has 1 rings (SSSR count). The molecule has 2 heteroatoms. The van der Waals surface area contributed by atoms with Crippen molar-refractivity contribution in [2.24, 2.45) is 5.92 Å². The number of hydrogen-bond acceptors (Lipinski definition) is 2. The van der Waals surface area contributed by atoms with Crippen molar-refractivity contribution in [1.29, 1.82) is 0 Å². The van der Waals surface area contributed by atoms with Crippen LogP contribution in [0.4, 0.5) is 0 Å². The summed E-state index contributed by atoms with van der Waals surface area (Å²) in [7, 11) is 2.05. The number of nitrogens with one attached hydrogen (secondary N) is 1. The Morgan fingerprint density at radius 2 is 2.31 bits per heavy atom. The first-order chi connectivity index (χ1) is 6.27. The van der Waals surface area contributed by atoms with Gasteiger partial charge in [-0.1, -0.05) is 13.3 Å². The van der Waals surface area contributed by atoms with Crippen molar-refractivity contribution in [2.75, 3.05) is 13.7 Å². The predicted octanol–water partition coefficient (Wildman–Crippen LogP) is 2.19. The molecular formula is C11H23NO. The van der Waals surface area contributed by atoms with Gasteiger partial charge in [-0.05, 0) is 39.2 Å². The Hall–Kier alpha value is -0.0800. The average molecular weight is 185 g/mol. The molecule has 0 amide bonds. The first-order valence-electron chi connectivity index (χ1n) is 5.56. The molecule has 78 valence electrons. The van der Waals surface area contributed by atoms with Crippen molar-refractivity contribution in [3.05, 3.63) is 0 Å². The van der Waals surface area contributed by atoms with Crippen molar-refractivity contribution < 1.29 is 4.74 Å². The fourth-order valence-corrected chi connectivity index (χ4v) is 2.12. The van der Waals surface area contributed by atoms with Crippen LogP contribution in [0.5, 0.6) is 0 Å². The minimum Gasteiger partial charge on any atom is -0.378 e. The smallest absolute Gasteiger partial charge is 0.0578 e. The molecule has 3 atom stereocenters. The quantitative estimate of drug-likeness (QED) is 0.725. The van der Waals surface area contributed by atoms with Crippen LogP contribution < -0.4 is 5.32 Å². The molecule has 0 aromatic heterocycles. The van der Waals surface area contributed by atoms with E-state index in [1.807, 2.05) is 0 Å². The van der Waals surface area contributed by atoms with Crippen molar-refractivity contribution in [3.8, 4) is 0 Å². The first kappa shape index (κ1) is 11.0. The molecule has 0 spiro atoms. The molecule has 0 aromatic carbocycles. The molecule has 1 fully saturated rings. The van der Waals surface area contributed by atoms with Crippen LogP contribution in [-0.4, -0.2) is 25.8 Å². The SMILES string of the molecule is CCCC1CC(C(C)NC)CCO1. The zero-order valence-electron chi connectivity index (χ0n) is 9.18. The first-order valence-corrected chi connectivity index (χ1v) is 5.56. The molecule has 1 aliphatic heterocycles. The maximum Gasteiger partial charge on any atom is 0.0578 e. The van der Waals surface area contributed by atoms with E-state index in [0.717, 1.165) is 12.5 Å². The van der Waals surface area contributed by atoms with Gasteiger partial charge in [0.15, 0.2) is 0 Å². The lowest BCUT2D eigenvalue weighted by atomic mass is 9.88. The lowest BCUT2D eigenvalue weighted by Gasteiger charge is -2.33. The van der Waals surface area contributed by atoms with Gasteiger partial charge in [-0.15, -0.1) is 0 Å². The van der Waals surface area contributed by atoms with E-state index in [2.05, 4.69) is 26.2 Å². The van der Waals surface area contributed by atoms with E-state index in [0.29, 0.717) is 12.1 Å². The molecular weight excluding hydrogens is 162 g/mol. The van der Waals surface area contributed by atoms with Crippen LogP contribution in [0.1, 0.15) is 39.5 Å². The van der Waals surface area contributed by atoms with Crippen molar-refractivity contribution in [3.63, 3.8) is 0 Å². The third-order valence-electron chi connectivity index (χ3n) is 3.18. The van der Waals surface area contributed by atoms with Crippen molar-refractivity contribution >= 4 is 0 Å². The lowest BCUT2D eigenvalue weighted by molar-refractivity contribution is -0.0195. The Kier molecular flexibility index (Phi) is 4.74. The Bertz CT molecular complexity index is 136. The molecule has 3 unspecified atom stereocenters. The molecule has 13 heavy (non-hydrogen) atoms. The number of rotatable bonds is 4. The van der Waals surface area contributed by atoms with Gasteiger partial charge in [0, 0.05) is 12.6 Å². The van der Waals surface area contributed by atoms with E-state index in [9.17, 15) is 0 Å². The lowest BCUT2D eigenvalue weighted by Crippen LogP contribution is -2.37. The third kappa shape index (κ3) is 3.28. The standard InChI is InChI=1S/C11H23NO/c1-4-5-11-8-10(6-7-13-11)9(2)12-3/h9-12H,4-8H2,1-3H3. The van der Waals surface area contributed by atoms with Gasteiger partial charge in [-0.3, -0.25) is 0 Å². The summed E-state index contributed by atoms with van der Waals surface area (Å²) in [5.74, 6) is 0.815. The molecule has 0 aromatic rings. The van der Waals surface area contributed by atoms with E-state index in [-0.39, 0.29) is 0 Å². The molecule has 1 saturated heterocycles. The summed E-state index contributed by atoms with van der Waals surface area (Å²) in [6, 6.07) is 0.642. The summed E-state index contributed by atoms with van der Waals surface area (Å²) in [6.45, 7) is 5.47. The Balaban J connectivity index is 2.32. The minimum atomic E-state index is 0.527. The fourth-order valence-electron chi connectivity index (χ4n) is 2.12. The average Bonchev–Trinajstić information content (AvgIpc) is 2.18. The highest BCUT2D eigenvalue weighted by molar-refractivity contribution is 4.78. The highest BCUT2D eigenvalue weighted by Gasteiger charge is 2.25. The van der Waals surface area contributed by atoms with Crippen LogP contribution in [-0.2, 0) is 4.74 Å². The maximum absolute atomic E-state index is 5.72. The van der Waals surface area contributed by atoms with Crippen LogP contribution in [0, 0.1) is 5.92 Å². The molecule has 0 saturated carbocycles. The van der Waals surface area contributed by atoms with Crippen LogP contribution in [0.25, 0.3) is 0 Å². The predicted molar refractivity (Wildman–Crippen MR) is 55.9 cm³/mol. The molecule has 1 N–H and O–H groups in total. The van der Waals surface area contributed by atoms with Crippen molar-refractivity contribution in [1.82, 2.24) is 5.32 Å². The molecule has 0 radical (unpaired) electrons. The van der Waals surface area contributed by atoms with Gasteiger partial charge in [0.1, 0.15) is 0 Å². The summed E-state index contributed by atoms with van der Waals surface area (Å²) in [5, 5.41) is 3.34. The van der Waals surface area contributed by atoms with Crippen molar-refractivity contribution in [2.45, 2.75) is 51.7 Å². The van der Waals surface area contributed by atoms with Gasteiger partial charge in [-0.25, -0.2) is 0 Å². The largest absolute Gasteiger partial charge is 0.378 e. The number of hydrogen-bond donors (Lipinski definition) is 1. The van der Waals surface area contributed by atoms with Crippen LogP contribution in [0.15, 0.2) is 0 Å². The Labute approximate surface area is 82.0 Å². The second-order valence-corrected chi connectivity index (χ2v) is 4.14. The van der Waals surface area contributed by atoms with Gasteiger partial charge in [0.05, 0.1) is 6.10 Å². The minimum absolute atomic E-state index is 0.527. The van der Waals surface area contributed by atoms with E-state index >= 15 is 0 Å². The van der Waals surface area contributed by atoms with Crippen LogP contribution in [0.2, 0.25) is 0 Å². The molecule has 2 nitrogen and oxygen atoms in total. The van der Waals surface area contributed by atoms with Crippen LogP contribution >= 0.6 is 0 Å². The Morgan fingerprint density at radius 1 is 1.54 bits per heavy atom. The Morgan fingerprint density at radius 3 is 2.92 bits per heavy atom. The molecule has 1 aliphatic rings. The van der Waals surface area contributed by atoms with Gasteiger partial charge >= 0.3 is 0 Å². The fraction of sp³-hybridized carbons (Fsp3) is 1.00. The summed E-state index contributed by atoms with van der Waals surface area (Å²) in [6.07, 6.45) is 5.47. The van der Waals surface area contributed by atoms with Gasteiger partial charge in [0.2, 0.25) is 0 Å². The summed E-state index contributed by atoms with van der Waals surface area (Å²) in [5.41, 5.74) is 0. The van der Waals surface area contributed by atoms with E-state index in [4.69, 9.17) is 4.74 Å². The zero-order valence-corrected chi connectivity index (χ0v) is 9.18. The maximum atomic E-state index is 5.72. The zero-order chi connectivity index (χ0) is 9.68. The summed E-state index contributed by atoms with van der Waals surface area (Å²) >= 11 is 0. The summed E-state index contributed by atoms with van der Waals surface area (Å²) < 4.78 is 5.72. The highest BCUT2D eigenvalue weighted by atomic mass is 16.5. The third-order valence-corrected chi connectivity index (χ3v) is 3.18.